The molecule has 0 radical (unpaired) electrons. The van der Waals surface area contributed by atoms with Gasteiger partial charge < -0.3 is 15.5 Å². The van der Waals surface area contributed by atoms with Crippen LogP contribution in [0.15, 0.2) is 42.5 Å². The molecule has 0 saturated carbocycles. The van der Waals surface area contributed by atoms with E-state index < -0.39 is 6.04 Å². The van der Waals surface area contributed by atoms with Crippen LogP contribution in [0.1, 0.15) is 51.5 Å². The van der Waals surface area contributed by atoms with E-state index in [9.17, 15) is 14.4 Å². The molecule has 3 aliphatic rings. The molecular formula is C24H26N4O3. The second-order valence-electron chi connectivity index (χ2n) is 8.44. The van der Waals surface area contributed by atoms with Gasteiger partial charge in [0.1, 0.15) is 6.04 Å². The number of benzene rings is 2. The van der Waals surface area contributed by atoms with Crippen molar-refractivity contribution in [1.82, 2.24) is 20.9 Å². The fourth-order valence-corrected chi connectivity index (χ4v) is 4.96. The highest BCUT2D eigenvalue weighted by atomic mass is 16.2. The van der Waals surface area contributed by atoms with Crippen molar-refractivity contribution in [1.29, 1.82) is 0 Å². The molecule has 7 nitrogen and oxygen atoms in total. The molecule has 0 aliphatic carbocycles. The van der Waals surface area contributed by atoms with Gasteiger partial charge in [-0.15, -0.1) is 0 Å². The van der Waals surface area contributed by atoms with Crippen molar-refractivity contribution >= 4 is 17.7 Å². The molecule has 2 aromatic carbocycles. The molecule has 3 aliphatic heterocycles. The van der Waals surface area contributed by atoms with Gasteiger partial charge in [0.25, 0.3) is 5.91 Å². The van der Waals surface area contributed by atoms with Gasteiger partial charge in [-0.05, 0) is 41.6 Å². The minimum atomic E-state index is -0.582. The molecule has 2 atom stereocenters. The molecule has 2 unspecified atom stereocenters. The molecule has 160 valence electrons. The lowest BCUT2D eigenvalue weighted by Crippen LogP contribution is -2.52. The molecular weight excluding hydrogens is 392 g/mol. The molecule has 0 spiro atoms. The van der Waals surface area contributed by atoms with Gasteiger partial charge in [-0.25, -0.2) is 0 Å². The average Bonchev–Trinajstić information content (AvgIpc) is 3.11. The number of hydrogen-bond donors (Lipinski definition) is 3. The molecule has 3 heterocycles. The summed E-state index contributed by atoms with van der Waals surface area (Å²) in [5, 5.41) is 9.44. The zero-order chi connectivity index (χ0) is 21.4. The fraction of sp³-hybridized carbons (Fsp3) is 0.375. The summed E-state index contributed by atoms with van der Waals surface area (Å²) < 4.78 is 0. The van der Waals surface area contributed by atoms with E-state index in [0.717, 1.165) is 30.6 Å². The number of hydrogen-bond acceptors (Lipinski definition) is 5. The molecule has 1 fully saturated rings. The zero-order valence-corrected chi connectivity index (χ0v) is 17.3. The first-order chi connectivity index (χ1) is 15.1. The van der Waals surface area contributed by atoms with Crippen LogP contribution in [0.3, 0.4) is 0 Å². The standard InChI is InChI=1S/C24H26N4O3/c29-21-9-8-20(23(30)27-21)28-14-17-6-3-5-16(22(17)24(28)31)12-25-13-19-18-7-2-1-4-15(18)10-11-26-19/h1-7,19-20,25-26H,8-14H2,(H,27,29,30). The number of imide groups is 1. The van der Waals surface area contributed by atoms with Crippen LogP contribution in [0, 0.1) is 0 Å². The molecule has 3 amide bonds. The smallest absolute Gasteiger partial charge is 0.255 e. The topological polar surface area (TPSA) is 90.5 Å². The lowest BCUT2D eigenvalue weighted by atomic mass is 9.94. The highest BCUT2D eigenvalue weighted by molar-refractivity contribution is 6.05. The third-order valence-corrected chi connectivity index (χ3v) is 6.52. The van der Waals surface area contributed by atoms with E-state index in [1.807, 2.05) is 18.2 Å². The Morgan fingerprint density at radius 3 is 2.71 bits per heavy atom. The Morgan fingerprint density at radius 1 is 1.00 bits per heavy atom. The van der Waals surface area contributed by atoms with E-state index in [-0.39, 0.29) is 30.2 Å². The largest absolute Gasteiger partial charge is 0.322 e. The predicted molar refractivity (Wildman–Crippen MR) is 115 cm³/mol. The monoisotopic (exact) mass is 418 g/mol. The summed E-state index contributed by atoms with van der Waals surface area (Å²) in [5.74, 6) is -0.768. The highest BCUT2D eigenvalue weighted by Crippen LogP contribution is 2.30. The van der Waals surface area contributed by atoms with Crippen molar-refractivity contribution in [2.45, 2.75) is 44.4 Å². The predicted octanol–water partition coefficient (Wildman–Crippen LogP) is 1.42. The molecule has 1 saturated heterocycles. The Labute approximate surface area is 181 Å². The van der Waals surface area contributed by atoms with Gasteiger partial charge in [0.05, 0.1) is 0 Å². The molecule has 3 N–H and O–H groups in total. The van der Waals surface area contributed by atoms with Crippen molar-refractivity contribution in [3.63, 3.8) is 0 Å². The summed E-state index contributed by atoms with van der Waals surface area (Å²) in [7, 11) is 0. The van der Waals surface area contributed by atoms with E-state index in [0.29, 0.717) is 25.1 Å². The first kappa shape index (κ1) is 19.9. The quantitative estimate of drug-likeness (QED) is 0.639. The maximum Gasteiger partial charge on any atom is 0.255 e. The van der Waals surface area contributed by atoms with Crippen LogP contribution in [0.5, 0.6) is 0 Å². The van der Waals surface area contributed by atoms with Gasteiger partial charge in [-0.2, -0.15) is 0 Å². The molecule has 0 aromatic heterocycles. The molecule has 5 rings (SSSR count). The van der Waals surface area contributed by atoms with Gasteiger partial charge in [-0.1, -0.05) is 42.5 Å². The number of piperidine rings is 1. The second kappa shape index (κ2) is 8.24. The van der Waals surface area contributed by atoms with E-state index in [1.165, 1.54) is 11.1 Å². The molecule has 2 aromatic rings. The first-order valence-corrected chi connectivity index (χ1v) is 10.9. The second-order valence-corrected chi connectivity index (χ2v) is 8.44. The minimum absolute atomic E-state index is 0.122. The van der Waals surface area contributed by atoms with E-state index in [2.05, 4.69) is 40.2 Å². The fourth-order valence-electron chi connectivity index (χ4n) is 4.96. The normalized spacial score (nSPS) is 22.8. The number of amides is 3. The number of nitrogens with one attached hydrogen (secondary N) is 3. The summed E-state index contributed by atoms with van der Waals surface area (Å²) >= 11 is 0. The third-order valence-electron chi connectivity index (χ3n) is 6.52. The van der Waals surface area contributed by atoms with Gasteiger partial charge in [-0.3, -0.25) is 19.7 Å². The number of fused-ring (bicyclic) bond motifs is 2. The minimum Gasteiger partial charge on any atom is -0.322 e. The molecule has 0 bridgehead atoms. The van der Waals surface area contributed by atoms with E-state index in [4.69, 9.17) is 0 Å². The average molecular weight is 418 g/mol. The SMILES string of the molecule is O=C1CCC(N2Cc3cccc(CNCC4NCCc5ccccc54)c3C2=O)C(=O)N1. The van der Waals surface area contributed by atoms with Crippen LogP contribution in [0.25, 0.3) is 0 Å². The summed E-state index contributed by atoms with van der Waals surface area (Å²) in [5.41, 5.74) is 5.30. The van der Waals surface area contributed by atoms with Crippen LogP contribution >= 0.6 is 0 Å². The van der Waals surface area contributed by atoms with Crippen LogP contribution in [-0.4, -0.2) is 41.8 Å². The third kappa shape index (κ3) is 3.75. The Bertz CT molecular complexity index is 1050. The summed E-state index contributed by atoms with van der Waals surface area (Å²) in [6, 6.07) is 14.1. The maximum atomic E-state index is 13.2. The number of carbonyl (C=O) groups excluding carboxylic acids is 3. The maximum absolute atomic E-state index is 13.2. The van der Waals surface area contributed by atoms with Gasteiger partial charge in [0.2, 0.25) is 11.8 Å². The number of rotatable bonds is 5. The number of carbonyl (C=O) groups is 3. The Morgan fingerprint density at radius 2 is 1.84 bits per heavy atom. The Balaban J connectivity index is 1.28. The van der Waals surface area contributed by atoms with Crippen LogP contribution in [0.2, 0.25) is 0 Å². The Hall–Kier alpha value is -3.03. The number of nitrogens with zero attached hydrogens (tertiary/aromatic N) is 1. The van der Waals surface area contributed by atoms with E-state index in [1.54, 1.807) is 4.90 Å². The Kier molecular flexibility index (Phi) is 5.29. The van der Waals surface area contributed by atoms with Crippen molar-refractivity contribution in [2.24, 2.45) is 0 Å². The van der Waals surface area contributed by atoms with Gasteiger partial charge >= 0.3 is 0 Å². The molecule has 31 heavy (non-hydrogen) atoms. The zero-order valence-electron chi connectivity index (χ0n) is 17.3. The van der Waals surface area contributed by atoms with Crippen LogP contribution in [0.4, 0.5) is 0 Å². The molecule has 7 heteroatoms. The van der Waals surface area contributed by atoms with Crippen molar-refractivity contribution in [3.8, 4) is 0 Å². The first-order valence-electron chi connectivity index (χ1n) is 10.9. The highest BCUT2D eigenvalue weighted by Gasteiger charge is 2.39. The van der Waals surface area contributed by atoms with Gasteiger partial charge in [0, 0.05) is 37.7 Å². The van der Waals surface area contributed by atoms with Crippen LogP contribution in [-0.2, 0) is 29.1 Å². The van der Waals surface area contributed by atoms with Crippen molar-refractivity contribution < 1.29 is 14.4 Å². The lowest BCUT2D eigenvalue weighted by Gasteiger charge is -2.29. The summed E-state index contributed by atoms with van der Waals surface area (Å²) in [6.07, 6.45) is 1.69. The van der Waals surface area contributed by atoms with E-state index >= 15 is 0 Å². The van der Waals surface area contributed by atoms with Crippen LogP contribution < -0.4 is 16.0 Å². The van der Waals surface area contributed by atoms with Crippen molar-refractivity contribution in [2.75, 3.05) is 13.1 Å². The summed E-state index contributed by atoms with van der Waals surface area (Å²) in [6.45, 7) is 2.72. The van der Waals surface area contributed by atoms with Crippen molar-refractivity contribution in [3.05, 3.63) is 70.3 Å². The lowest BCUT2D eigenvalue weighted by molar-refractivity contribution is -0.136. The summed E-state index contributed by atoms with van der Waals surface area (Å²) in [4.78, 5) is 38.5. The van der Waals surface area contributed by atoms with Gasteiger partial charge in [0.15, 0.2) is 0 Å².